The van der Waals surface area contributed by atoms with Crippen LogP contribution in [0.3, 0.4) is 0 Å². The maximum Gasteiger partial charge on any atom is 0.183 e. The molecule has 0 spiro atoms. The van der Waals surface area contributed by atoms with Gasteiger partial charge in [-0.3, -0.25) is 0 Å². The van der Waals surface area contributed by atoms with Gasteiger partial charge in [-0.15, -0.1) is 5.10 Å². The summed E-state index contributed by atoms with van der Waals surface area (Å²) in [7, 11) is 0. The monoisotopic (exact) mass is 288 g/mol. The molecular weight excluding hydrogens is 276 g/mol. The largest absolute Gasteiger partial charge is 0.364 e. The summed E-state index contributed by atoms with van der Waals surface area (Å²) in [5.74, 6) is 0.662. The Morgan fingerprint density at radius 2 is 2.10 bits per heavy atom. The summed E-state index contributed by atoms with van der Waals surface area (Å²) in [6.07, 6.45) is 1.51. The fourth-order valence-electron chi connectivity index (χ4n) is 1.95. The van der Waals surface area contributed by atoms with Gasteiger partial charge in [0.1, 0.15) is 6.33 Å². The molecule has 0 unspecified atom stereocenters. The summed E-state index contributed by atoms with van der Waals surface area (Å²) < 4.78 is 1.73. The highest BCUT2D eigenvalue weighted by atomic mass is 35.5. The van der Waals surface area contributed by atoms with Crippen LogP contribution in [0.2, 0.25) is 5.02 Å². The summed E-state index contributed by atoms with van der Waals surface area (Å²) >= 11 is 6.13. The molecular formula is C13H13ClN6. The first kappa shape index (κ1) is 12.8. The average Bonchev–Trinajstić information content (AvgIpc) is 2.90. The minimum atomic E-state index is 0.574. The molecule has 6 nitrogen and oxygen atoms in total. The van der Waals surface area contributed by atoms with Crippen molar-refractivity contribution < 1.29 is 0 Å². The normalized spacial score (nSPS) is 10.9. The van der Waals surface area contributed by atoms with Gasteiger partial charge in [0.15, 0.2) is 17.0 Å². The Kier molecular flexibility index (Phi) is 3.47. The fraction of sp³-hybridized carbons (Fsp3) is 0.231. The molecule has 1 N–H and O–H groups in total. The number of hydrogen-bond acceptors (Lipinski definition) is 5. The molecule has 0 atom stereocenters. The topological polar surface area (TPSA) is 68.5 Å². The minimum Gasteiger partial charge on any atom is -0.364 e. The Balaban J connectivity index is 1.88. The van der Waals surface area contributed by atoms with Gasteiger partial charge in [-0.05, 0) is 18.6 Å². The van der Waals surface area contributed by atoms with Crippen molar-refractivity contribution >= 4 is 28.6 Å². The first-order valence-corrected chi connectivity index (χ1v) is 6.69. The summed E-state index contributed by atoms with van der Waals surface area (Å²) in [4.78, 5) is 8.42. The van der Waals surface area contributed by atoms with E-state index < -0.39 is 0 Å². The number of aromatic nitrogens is 5. The third-order valence-electron chi connectivity index (χ3n) is 3.00. The van der Waals surface area contributed by atoms with Gasteiger partial charge in [-0.1, -0.05) is 35.0 Å². The van der Waals surface area contributed by atoms with E-state index in [4.69, 9.17) is 11.6 Å². The van der Waals surface area contributed by atoms with Crippen molar-refractivity contribution in [3.8, 4) is 0 Å². The lowest BCUT2D eigenvalue weighted by atomic mass is 10.2. The second-order valence-electron chi connectivity index (χ2n) is 4.24. The first-order valence-electron chi connectivity index (χ1n) is 6.31. The van der Waals surface area contributed by atoms with Gasteiger partial charge in [0, 0.05) is 18.1 Å². The van der Waals surface area contributed by atoms with E-state index in [1.165, 1.54) is 6.33 Å². The van der Waals surface area contributed by atoms with Crippen molar-refractivity contribution in [2.45, 2.75) is 20.0 Å². The van der Waals surface area contributed by atoms with E-state index in [9.17, 15) is 0 Å². The Morgan fingerprint density at radius 1 is 1.25 bits per heavy atom. The van der Waals surface area contributed by atoms with Crippen molar-refractivity contribution in [1.29, 1.82) is 0 Å². The molecule has 0 fully saturated rings. The molecule has 102 valence electrons. The zero-order valence-corrected chi connectivity index (χ0v) is 11.7. The van der Waals surface area contributed by atoms with Crippen LogP contribution in [-0.4, -0.2) is 25.0 Å². The third kappa shape index (κ3) is 2.30. The van der Waals surface area contributed by atoms with E-state index in [1.54, 1.807) is 4.68 Å². The Hall–Kier alpha value is -2.21. The highest BCUT2D eigenvalue weighted by Crippen LogP contribution is 2.19. The molecule has 0 amide bonds. The lowest BCUT2D eigenvalue weighted by Gasteiger charge is -2.07. The highest BCUT2D eigenvalue weighted by Gasteiger charge is 2.10. The molecule has 0 bridgehead atoms. The number of fused-ring (bicyclic) bond motifs is 1. The van der Waals surface area contributed by atoms with Crippen LogP contribution in [0.15, 0.2) is 30.6 Å². The fourth-order valence-corrected chi connectivity index (χ4v) is 2.16. The van der Waals surface area contributed by atoms with Crippen LogP contribution in [0.5, 0.6) is 0 Å². The summed E-state index contributed by atoms with van der Waals surface area (Å²) in [5, 5.41) is 12.1. The van der Waals surface area contributed by atoms with E-state index in [2.05, 4.69) is 25.6 Å². The van der Waals surface area contributed by atoms with Crippen LogP contribution in [0.1, 0.15) is 12.5 Å². The number of hydrogen-bond donors (Lipinski definition) is 1. The summed E-state index contributed by atoms with van der Waals surface area (Å²) in [6.45, 7) is 3.29. The molecule has 3 rings (SSSR count). The van der Waals surface area contributed by atoms with E-state index in [-0.39, 0.29) is 0 Å². The molecule has 7 heteroatoms. The van der Waals surface area contributed by atoms with Gasteiger partial charge in [0.05, 0.1) is 0 Å². The van der Waals surface area contributed by atoms with Crippen molar-refractivity contribution in [2.75, 3.05) is 5.32 Å². The van der Waals surface area contributed by atoms with Crippen LogP contribution in [0.25, 0.3) is 11.2 Å². The molecule has 0 aliphatic carbocycles. The Morgan fingerprint density at radius 3 is 2.90 bits per heavy atom. The number of anilines is 1. The third-order valence-corrected chi connectivity index (χ3v) is 3.37. The van der Waals surface area contributed by atoms with Gasteiger partial charge in [0.2, 0.25) is 0 Å². The lowest BCUT2D eigenvalue weighted by molar-refractivity contribution is 0.641. The SMILES string of the molecule is CCn1nnc2c(NCc3ccccc3Cl)ncnc21. The highest BCUT2D eigenvalue weighted by molar-refractivity contribution is 6.31. The number of aryl methyl sites for hydroxylation is 1. The number of nitrogens with zero attached hydrogens (tertiary/aromatic N) is 5. The molecule has 1 aromatic carbocycles. The lowest BCUT2D eigenvalue weighted by Crippen LogP contribution is -2.03. The van der Waals surface area contributed by atoms with Crippen molar-refractivity contribution in [2.24, 2.45) is 0 Å². The van der Waals surface area contributed by atoms with Gasteiger partial charge >= 0.3 is 0 Å². The van der Waals surface area contributed by atoms with Crippen LogP contribution < -0.4 is 5.32 Å². The molecule has 2 aromatic heterocycles. The summed E-state index contributed by atoms with van der Waals surface area (Å²) in [5.41, 5.74) is 2.40. The molecule has 0 saturated heterocycles. The van der Waals surface area contributed by atoms with E-state index in [0.29, 0.717) is 17.9 Å². The van der Waals surface area contributed by atoms with Gasteiger partial charge in [-0.25, -0.2) is 14.6 Å². The standard InChI is InChI=1S/C13H13ClN6/c1-2-20-13-11(18-19-20)12(16-8-17-13)15-7-9-5-3-4-6-10(9)14/h3-6,8H,2,7H2,1H3,(H,15,16,17). The zero-order chi connectivity index (χ0) is 13.9. The number of nitrogens with one attached hydrogen (secondary N) is 1. The molecule has 3 aromatic rings. The minimum absolute atomic E-state index is 0.574. The molecule has 0 aliphatic heterocycles. The van der Waals surface area contributed by atoms with E-state index in [0.717, 1.165) is 22.8 Å². The summed E-state index contributed by atoms with van der Waals surface area (Å²) in [6, 6.07) is 7.69. The Labute approximate surface area is 120 Å². The maximum absolute atomic E-state index is 6.13. The average molecular weight is 289 g/mol. The van der Waals surface area contributed by atoms with Gasteiger partial charge in [0.25, 0.3) is 0 Å². The van der Waals surface area contributed by atoms with Crippen LogP contribution in [0, 0.1) is 0 Å². The van der Waals surface area contributed by atoms with Crippen LogP contribution >= 0.6 is 11.6 Å². The van der Waals surface area contributed by atoms with Crippen LogP contribution in [0.4, 0.5) is 5.82 Å². The molecule has 0 aliphatic rings. The van der Waals surface area contributed by atoms with Crippen molar-refractivity contribution in [3.63, 3.8) is 0 Å². The van der Waals surface area contributed by atoms with Crippen molar-refractivity contribution in [1.82, 2.24) is 25.0 Å². The number of rotatable bonds is 4. The Bertz CT molecular complexity index is 739. The number of benzene rings is 1. The second kappa shape index (κ2) is 5.42. The quantitative estimate of drug-likeness (QED) is 0.799. The number of halogens is 1. The van der Waals surface area contributed by atoms with E-state index >= 15 is 0 Å². The first-order chi connectivity index (χ1) is 9.79. The molecule has 0 saturated carbocycles. The molecule has 2 heterocycles. The maximum atomic E-state index is 6.13. The van der Waals surface area contributed by atoms with Gasteiger partial charge < -0.3 is 5.32 Å². The smallest absolute Gasteiger partial charge is 0.183 e. The second-order valence-corrected chi connectivity index (χ2v) is 4.65. The molecule has 20 heavy (non-hydrogen) atoms. The van der Waals surface area contributed by atoms with E-state index in [1.807, 2.05) is 31.2 Å². The predicted molar refractivity (Wildman–Crippen MR) is 77.6 cm³/mol. The molecule has 0 radical (unpaired) electrons. The van der Waals surface area contributed by atoms with Crippen LogP contribution in [-0.2, 0) is 13.1 Å². The van der Waals surface area contributed by atoms with Gasteiger partial charge in [-0.2, -0.15) is 0 Å². The zero-order valence-electron chi connectivity index (χ0n) is 10.9. The predicted octanol–water partition coefficient (Wildman–Crippen LogP) is 2.51. The van der Waals surface area contributed by atoms with Crippen molar-refractivity contribution in [3.05, 3.63) is 41.2 Å².